The van der Waals surface area contributed by atoms with Gasteiger partial charge in [0.05, 0.1) is 10.9 Å². The molecule has 0 saturated carbocycles. The quantitative estimate of drug-likeness (QED) is 0.841. The Balaban J connectivity index is 1.74. The first-order valence-electron chi connectivity index (χ1n) is 8.13. The minimum Gasteiger partial charge on any atom is -0.298 e. The van der Waals surface area contributed by atoms with E-state index in [1.165, 1.54) is 0 Å². The minimum atomic E-state index is -3.21. The number of sulfonamides is 1. The van der Waals surface area contributed by atoms with Gasteiger partial charge in [-0.25, -0.2) is 13.1 Å². The number of hydrogen-bond acceptors (Lipinski definition) is 5. The van der Waals surface area contributed by atoms with Crippen LogP contribution in [0.1, 0.15) is 18.9 Å². The van der Waals surface area contributed by atoms with Gasteiger partial charge < -0.3 is 0 Å². The molecule has 0 radical (unpaired) electrons. The van der Waals surface area contributed by atoms with Crippen LogP contribution in [0.4, 0.5) is 0 Å². The van der Waals surface area contributed by atoms with Crippen molar-refractivity contribution in [2.75, 3.05) is 19.6 Å². The lowest BCUT2D eigenvalue weighted by Crippen LogP contribution is -2.36. The number of nitrogens with one attached hydrogen (secondary N) is 1. The van der Waals surface area contributed by atoms with E-state index >= 15 is 0 Å². The summed E-state index contributed by atoms with van der Waals surface area (Å²) < 4.78 is 28.7. The lowest BCUT2D eigenvalue weighted by atomic mass is 10.1. The van der Waals surface area contributed by atoms with Gasteiger partial charge in [0.2, 0.25) is 10.0 Å². The molecule has 2 aromatic rings. The van der Waals surface area contributed by atoms with E-state index in [1.54, 1.807) is 24.0 Å². The highest BCUT2D eigenvalue weighted by Crippen LogP contribution is 2.25. The molecule has 7 nitrogen and oxygen atoms in total. The molecule has 130 valence electrons. The Bertz CT molecular complexity index is 788. The molecule has 0 aromatic carbocycles. The second-order valence-electron chi connectivity index (χ2n) is 6.10. The molecule has 2 aromatic heterocycles. The fourth-order valence-electron chi connectivity index (χ4n) is 3.16. The first-order chi connectivity index (χ1) is 11.5. The summed E-state index contributed by atoms with van der Waals surface area (Å²) in [6.45, 7) is 4.28. The first-order valence-corrected chi connectivity index (χ1v) is 9.68. The molecule has 1 saturated heterocycles. The van der Waals surface area contributed by atoms with E-state index in [0.717, 1.165) is 23.4 Å². The van der Waals surface area contributed by atoms with E-state index in [4.69, 9.17) is 0 Å². The zero-order valence-electron chi connectivity index (χ0n) is 14.0. The van der Waals surface area contributed by atoms with Gasteiger partial charge in [-0.05, 0) is 25.1 Å². The van der Waals surface area contributed by atoms with Crippen LogP contribution in [0.25, 0.3) is 11.3 Å². The normalized spacial score (nSPS) is 19.0. The number of nitrogens with zero attached hydrogens (tertiary/aromatic N) is 4. The van der Waals surface area contributed by atoms with Crippen molar-refractivity contribution in [1.29, 1.82) is 0 Å². The van der Waals surface area contributed by atoms with Crippen LogP contribution in [-0.2, 0) is 23.6 Å². The Morgan fingerprint density at radius 2 is 2.08 bits per heavy atom. The number of aromatic nitrogens is 3. The van der Waals surface area contributed by atoms with Gasteiger partial charge in [-0.1, -0.05) is 6.92 Å². The molecule has 0 bridgehead atoms. The molecule has 1 N–H and O–H groups in total. The fourth-order valence-corrected chi connectivity index (χ4v) is 4.62. The summed E-state index contributed by atoms with van der Waals surface area (Å²) in [7, 11) is -1.31. The van der Waals surface area contributed by atoms with E-state index < -0.39 is 10.0 Å². The Morgan fingerprint density at radius 3 is 2.79 bits per heavy atom. The van der Waals surface area contributed by atoms with E-state index in [9.17, 15) is 8.42 Å². The van der Waals surface area contributed by atoms with Crippen LogP contribution >= 0.6 is 0 Å². The van der Waals surface area contributed by atoms with Gasteiger partial charge in [0, 0.05) is 56.4 Å². The third-order valence-electron chi connectivity index (χ3n) is 4.27. The molecule has 1 atom stereocenters. The van der Waals surface area contributed by atoms with Crippen LogP contribution in [0.15, 0.2) is 30.7 Å². The maximum Gasteiger partial charge on any atom is 0.215 e. The third kappa shape index (κ3) is 3.66. The Morgan fingerprint density at radius 1 is 1.33 bits per heavy atom. The summed E-state index contributed by atoms with van der Waals surface area (Å²) in [6, 6.07) is 3.88. The number of hydrogen-bond donors (Lipinski definition) is 1. The van der Waals surface area contributed by atoms with Crippen molar-refractivity contribution in [2.24, 2.45) is 7.05 Å². The monoisotopic (exact) mass is 349 g/mol. The molecule has 1 unspecified atom stereocenters. The van der Waals surface area contributed by atoms with Crippen LogP contribution < -0.4 is 4.72 Å². The highest BCUT2D eigenvalue weighted by atomic mass is 32.2. The fraction of sp³-hybridized carbons (Fsp3) is 0.500. The lowest BCUT2D eigenvalue weighted by molar-refractivity contribution is 0.331. The van der Waals surface area contributed by atoms with E-state index in [1.807, 2.05) is 25.4 Å². The second-order valence-corrected chi connectivity index (χ2v) is 8.15. The summed E-state index contributed by atoms with van der Waals surface area (Å²) in [4.78, 5) is 6.23. The molecule has 0 amide bonds. The summed E-state index contributed by atoms with van der Waals surface area (Å²) in [5.41, 5.74) is 3.06. The molecular weight excluding hydrogens is 326 g/mol. The molecule has 1 aliphatic heterocycles. The molecular formula is C16H23N5O2S. The number of aryl methyl sites for hydroxylation is 1. The van der Waals surface area contributed by atoms with Crippen LogP contribution in [-0.4, -0.2) is 53.0 Å². The topological polar surface area (TPSA) is 80.1 Å². The average molecular weight is 349 g/mol. The summed E-state index contributed by atoms with van der Waals surface area (Å²) in [5, 5.41) is 4.22. The Labute approximate surface area is 142 Å². The number of pyridine rings is 1. The van der Waals surface area contributed by atoms with Crippen molar-refractivity contribution in [2.45, 2.75) is 25.1 Å². The van der Waals surface area contributed by atoms with Crippen LogP contribution in [0.2, 0.25) is 0 Å². The molecule has 0 aliphatic carbocycles. The molecule has 24 heavy (non-hydrogen) atoms. The molecule has 8 heteroatoms. The SMILES string of the molecule is CCNS(=O)(=O)C1CCN(Cc2cn(C)nc2-c2ccncc2)C1. The van der Waals surface area contributed by atoms with Gasteiger partial charge >= 0.3 is 0 Å². The van der Waals surface area contributed by atoms with E-state index in [-0.39, 0.29) is 5.25 Å². The molecule has 1 aliphatic rings. The number of likely N-dealkylation sites (tertiary alicyclic amines) is 1. The zero-order chi connectivity index (χ0) is 17.2. The molecule has 3 rings (SSSR count). The van der Waals surface area contributed by atoms with E-state index in [0.29, 0.717) is 26.1 Å². The maximum absolute atomic E-state index is 12.2. The van der Waals surface area contributed by atoms with Crippen molar-refractivity contribution in [3.05, 3.63) is 36.3 Å². The largest absolute Gasteiger partial charge is 0.298 e. The smallest absolute Gasteiger partial charge is 0.215 e. The predicted octanol–water partition coefficient (Wildman–Crippen LogP) is 0.996. The van der Waals surface area contributed by atoms with E-state index in [2.05, 4.69) is 19.7 Å². The summed E-state index contributed by atoms with van der Waals surface area (Å²) in [6.07, 6.45) is 6.17. The van der Waals surface area contributed by atoms with Crippen LogP contribution in [0, 0.1) is 0 Å². The second kappa shape index (κ2) is 7.00. The summed E-state index contributed by atoms with van der Waals surface area (Å²) >= 11 is 0. The van der Waals surface area contributed by atoms with Gasteiger partial charge in [-0.3, -0.25) is 14.6 Å². The van der Waals surface area contributed by atoms with Gasteiger partial charge in [0.25, 0.3) is 0 Å². The molecule has 1 fully saturated rings. The Kier molecular flexibility index (Phi) is 4.98. The average Bonchev–Trinajstić information content (AvgIpc) is 3.16. The van der Waals surface area contributed by atoms with Gasteiger partial charge in [-0.2, -0.15) is 5.10 Å². The lowest BCUT2D eigenvalue weighted by Gasteiger charge is -2.16. The van der Waals surface area contributed by atoms with Crippen LogP contribution in [0.3, 0.4) is 0 Å². The highest BCUT2D eigenvalue weighted by molar-refractivity contribution is 7.90. The maximum atomic E-state index is 12.2. The zero-order valence-corrected chi connectivity index (χ0v) is 14.8. The van der Waals surface area contributed by atoms with Crippen molar-refractivity contribution in [3.8, 4) is 11.3 Å². The summed E-state index contributed by atoms with van der Waals surface area (Å²) in [5.74, 6) is 0. The van der Waals surface area contributed by atoms with Gasteiger partial charge in [0.15, 0.2) is 0 Å². The van der Waals surface area contributed by atoms with Crippen molar-refractivity contribution in [3.63, 3.8) is 0 Å². The molecule has 0 spiro atoms. The third-order valence-corrected chi connectivity index (χ3v) is 6.22. The van der Waals surface area contributed by atoms with Gasteiger partial charge in [0.1, 0.15) is 0 Å². The minimum absolute atomic E-state index is 0.335. The first kappa shape index (κ1) is 17.1. The van der Waals surface area contributed by atoms with Crippen molar-refractivity contribution < 1.29 is 8.42 Å². The van der Waals surface area contributed by atoms with Crippen molar-refractivity contribution >= 4 is 10.0 Å². The highest BCUT2D eigenvalue weighted by Gasteiger charge is 2.32. The number of rotatable bonds is 6. The Hall–Kier alpha value is -1.77. The van der Waals surface area contributed by atoms with Crippen molar-refractivity contribution in [1.82, 2.24) is 24.4 Å². The van der Waals surface area contributed by atoms with Gasteiger partial charge in [-0.15, -0.1) is 0 Å². The predicted molar refractivity (Wildman–Crippen MR) is 92.7 cm³/mol. The standard InChI is InChI=1S/C16H23N5O2S/c1-3-18-24(22,23)15-6-9-21(12-15)11-14-10-20(2)19-16(14)13-4-7-17-8-5-13/h4-5,7-8,10,15,18H,3,6,9,11-12H2,1-2H3. The molecule has 3 heterocycles. The van der Waals surface area contributed by atoms with Crippen LogP contribution in [0.5, 0.6) is 0 Å².